The van der Waals surface area contributed by atoms with Crippen LogP contribution in [0.1, 0.15) is 43.9 Å². The van der Waals surface area contributed by atoms with Crippen LogP contribution in [0.4, 0.5) is 20.2 Å². The normalized spacial score (nSPS) is 19.3. The third-order valence-electron chi connectivity index (χ3n) is 11.3. The first-order valence-electron chi connectivity index (χ1n) is 19.9. The Morgan fingerprint density at radius 1 is 0.862 bits per heavy atom. The SMILES string of the molecule is CC[C@H]([C@H](C)OCc1ccccc1)n1ncn(-c2ccc(N3CCN(c4ccc(OC[C@H]5CO[C@@](Cn6cncn6)(c6ccc(F)cc6F)C5)cc4)CC3)cc2)c1=O. The Bertz CT molecular complexity index is 2300. The highest BCUT2D eigenvalue weighted by atomic mass is 19.1. The second-order valence-electron chi connectivity index (χ2n) is 15.1. The first kappa shape index (κ1) is 39.0. The number of benzene rings is 4. The van der Waals surface area contributed by atoms with Crippen LogP contribution in [0.5, 0.6) is 5.75 Å². The van der Waals surface area contributed by atoms with Gasteiger partial charge in [-0.1, -0.05) is 43.3 Å². The molecule has 12 nitrogen and oxygen atoms in total. The number of piperazine rings is 1. The molecule has 0 bridgehead atoms. The predicted molar refractivity (Wildman–Crippen MR) is 216 cm³/mol. The fourth-order valence-electron chi connectivity index (χ4n) is 8.14. The number of anilines is 2. The van der Waals surface area contributed by atoms with E-state index in [4.69, 9.17) is 14.2 Å². The third kappa shape index (κ3) is 8.53. The third-order valence-corrected chi connectivity index (χ3v) is 11.3. The molecule has 6 aromatic rings. The molecular weight excluding hydrogens is 743 g/mol. The average molecular weight is 791 g/mol. The summed E-state index contributed by atoms with van der Waals surface area (Å²) in [5, 5.41) is 8.68. The molecule has 58 heavy (non-hydrogen) atoms. The number of nitrogens with zero attached hydrogens (tertiary/aromatic N) is 8. The summed E-state index contributed by atoms with van der Waals surface area (Å²) in [7, 11) is 0. The van der Waals surface area contributed by atoms with E-state index >= 15 is 4.39 Å². The Morgan fingerprint density at radius 3 is 2.21 bits per heavy atom. The van der Waals surface area contributed by atoms with E-state index in [-0.39, 0.29) is 30.3 Å². The summed E-state index contributed by atoms with van der Waals surface area (Å²) in [6.07, 6.45) is 5.57. The lowest BCUT2D eigenvalue weighted by molar-refractivity contribution is -0.0206. The largest absolute Gasteiger partial charge is 0.493 e. The lowest BCUT2D eigenvalue weighted by atomic mass is 9.87. The van der Waals surface area contributed by atoms with Crippen LogP contribution >= 0.6 is 0 Å². The van der Waals surface area contributed by atoms with Gasteiger partial charge in [0.05, 0.1) is 44.2 Å². The molecule has 0 amide bonds. The van der Waals surface area contributed by atoms with Crippen LogP contribution in [0.3, 0.4) is 0 Å². The van der Waals surface area contributed by atoms with E-state index in [9.17, 15) is 9.18 Å². The summed E-state index contributed by atoms with van der Waals surface area (Å²) in [4.78, 5) is 22.2. The van der Waals surface area contributed by atoms with Crippen molar-refractivity contribution in [2.75, 3.05) is 49.2 Å². The van der Waals surface area contributed by atoms with Crippen LogP contribution in [0.15, 0.2) is 121 Å². The van der Waals surface area contributed by atoms with Gasteiger partial charge >= 0.3 is 5.69 Å². The number of hydrogen-bond donors (Lipinski definition) is 0. The Kier molecular flexibility index (Phi) is 11.6. The van der Waals surface area contributed by atoms with Gasteiger partial charge in [-0.05, 0) is 79.9 Å². The summed E-state index contributed by atoms with van der Waals surface area (Å²) in [5.74, 6) is -0.555. The van der Waals surface area contributed by atoms with Crippen molar-refractivity contribution < 1.29 is 23.0 Å². The van der Waals surface area contributed by atoms with Crippen LogP contribution in [0, 0.1) is 17.6 Å². The minimum Gasteiger partial charge on any atom is -0.493 e. The molecule has 4 heterocycles. The number of hydrogen-bond acceptors (Lipinski definition) is 9. The number of rotatable bonds is 15. The molecule has 2 aliphatic heterocycles. The van der Waals surface area contributed by atoms with E-state index in [0.29, 0.717) is 38.2 Å². The molecule has 2 fully saturated rings. The van der Waals surface area contributed by atoms with Gasteiger partial charge in [0.1, 0.15) is 42.0 Å². The second-order valence-corrected chi connectivity index (χ2v) is 15.1. The molecule has 4 atom stereocenters. The molecule has 302 valence electrons. The first-order chi connectivity index (χ1) is 28.3. The maximum atomic E-state index is 15.0. The number of aromatic nitrogens is 6. The van der Waals surface area contributed by atoms with E-state index in [2.05, 4.69) is 49.2 Å². The molecule has 2 aliphatic rings. The highest BCUT2D eigenvalue weighted by molar-refractivity contribution is 5.54. The van der Waals surface area contributed by atoms with E-state index in [1.54, 1.807) is 26.6 Å². The topological polar surface area (TPSA) is 105 Å². The van der Waals surface area contributed by atoms with Crippen molar-refractivity contribution in [2.24, 2.45) is 5.92 Å². The second kappa shape index (κ2) is 17.3. The Labute approximate surface area is 336 Å². The minimum atomic E-state index is -1.02. The Balaban J connectivity index is 0.828. The van der Waals surface area contributed by atoms with Gasteiger partial charge in [0, 0.05) is 55.1 Å². The minimum absolute atomic E-state index is 0.0128. The molecule has 0 radical (unpaired) electrons. The highest BCUT2D eigenvalue weighted by Crippen LogP contribution is 2.42. The summed E-state index contributed by atoms with van der Waals surface area (Å²) >= 11 is 0. The fourth-order valence-corrected chi connectivity index (χ4v) is 8.14. The molecule has 2 saturated heterocycles. The van der Waals surface area contributed by atoms with Crippen molar-refractivity contribution in [1.82, 2.24) is 29.1 Å². The van der Waals surface area contributed by atoms with Crippen LogP contribution < -0.4 is 20.2 Å². The van der Waals surface area contributed by atoms with Gasteiger partial charge in [0.25, 0.3) is 0 Å². The standard InChI is InChI=1S/C44H48F2N8O4/c1-3-42(32(2)56-25-33-7-5-4-6-8-33)54-43(55)53(31-49-54)38-12-10-36(11-13-38)50-19-21-51(22-20-50)37-14-16-39(17-15-37)57-26-34-24-44(58-27-34,28-52-30-47-29-48-52)40-18-9-35(45)23-41(40)46/h4-18,23,29-32,34,42H,3,19-22,24-28H2,1-2H3/t32-,34-,42+,44-/m0/s1. The van der Waals surface area contributed by atoms with Crippen LogP contribution in [0.25, 0.3) is 5.69 Å². The zero-order chi connectivity index (χ0) is 40.1. The molecule has 0 saturated carbocycles. The Hall–Kier alpha value is -5.86. The van der Waals surface area contributed by atoms with E-state index < -0.39 is 17.2 Å². The number of halogens is 2. The molecule has 0 N–H and O–H groups in total. The van der Waals surface area contributed by atoms with Crippen LogP contribution in [-0.2, 0) is 28.2 Å². The summed E-state index contributed by atoms with van der Waals surface area (Å²) in [5.41, 5.74) is 3.16. The Morgan fingerprint density at radius 2 is 1.55 bits per heavy atom. The molecule has 8 rings (SSSR count). The average Bonchev–Trinajstić information content (AvgIpc) is 4.02. The number of ether oxygens (including phenoxy) is 3. The lowest BCUT2D eigenvalue weighted by Gasteiger charge is -2.37. The monoisotopic (exact) mass is 790 g/mol. The van der Waals surface area contributed by atoms with E-state index in [1.807, 2.05) is 68.4 Å². The van der Waals surface area contributed by atoms with Gasteiger partial charge in [-0.2, -0.15) is 10.2 Å². The van der Waals surface area contributed by atoms with E-state index in [0.717, 1.165) is 60.6 Å². The van der Waals surface area contributed by atoms with E-state index in [1.165, 1.54) is 18.5 Å². The molecule has 0 unspecified atom stereocenters. The van der Waals surface area contributed by atoms with Gasteiger partial charge in [0.2, 0.25) is 0 Å². The van der Waals surface area contributed by atoms with Crippen molar-refractivity contribution in [1.29, 1.82) is 0 Å². The lowest BCUT2D eigenvalue weighted by Crippen LogP contribution is -2.46. The van der Waals surface area contributed by atoms with Crippen molar-refractivity contribution in [2.45, 2.75) is 57.6 Å². The highest BCUT2D eigenvalue weighted by Gasteiger charge is 2.44. The van der Waals surface area contributed by atoms with Gasteiger partial charge in [-0.25, -0.2) is 32.5 Å². The first-order valence-corrected chi connectivity index (χ1v) is 19.9. The zero-order valence-corrected chi connectivity index (χ0v) is 32.7. The summed E-state index contributed by atoms with van der Waals surface area (Å²) < 4.78 is 52.1. The van der Waals surface area contributed by atoms with Crippen molar-refractivity contribution in [3.63, 3.8) is 0 Å². The molecule has 2 aromatic heterocycles. The quantitative estimate of drug-likeness (QED) is 0.111. The van der Waals surface area contributed by atoms with Crippen molar-refractivity contribution in [3.05, 3.63) is 149 Å². The van der Waals surface area contributed by atoms with Crippen molar-refractivity contribution >= 4 is 11.4 Å². The maximum absolute atomic E-state index is 15.0. The van der Waals surface area contributed by atoms with Gasteiger partial charge in [-0.15, -0.1) is 0 Å². The summed E-state index contributed by atoms with van der Waals surface area (Å²) in [6, 6.07) is 29.6. The molecule has 0 aliphatic carbocycles. The maximum Gasteiger partial charge on any atom is 0.350 e. The zero-order valence-electron chi connectivity index (χ0n) is 32.7. The van der Waals surface area contributed by atoms with Gasteiger partial charge < -0.3 is 24.0 Å². The van der Waals surface area contributed by atoms with Gasteiger partial charge in [0.15, 0.2) is 0 Å². The van der Waals surface area contributed by atoms with Crippen LogP contribution in [-0.4, -0.2) is 74.6 Å². The van der Waals surface area contributed by atoms with Crippen LogP contribution in [0.2, 0.25) is 0 Å². The fraction of sp³-hybridized carbons (Fsp3) is 0.364. The van der Waals surface area contributed by atoms with Gasteiger partial charge in [-0.3, -0.25) is 0 Å². The summed E-state index contributed by atoms with van der Waals surface area (Å²) in [6.45, 7) is 8.91. The molecule has 14 heteroatoms. The smallest absolute Gasteiger partial charge is 0.350 e. The molecular formula is C44H48F2N8O4. The molecule has 0 spiro atoms. The van der Waals surface area contributed by atoms with Crippen molar-refractivity contribution in [3.8, 4) is 11.4 Å². The predicted octanol–water partition coefficient (Wildman–Crippen LogP) is 6.80. The molecule has 4 aromatic carbocycles.